The van der Waals surface area contributed by atoms with Gasteiger partial charge in [-0.3, -0.25) is 9.55 Å². The molecular formula is C13H14N6O2. The first-order valence-corrected chi connectivity index (χ1v) is 6.37. The second kappa shape index (κ2) is 5.81. The second-order valence-electron chi connectivity index (χ2n) is 4.28. The molecular weight excluding hydrogens is 272 g/mol. The van der Waals surface area contributed by atoms with Crippen LogP contribution < -0.4 is 5.73 Å². The molecule has 0 saturated carbocycles. The summed E-state index contributed by atoms with van der Waals surface area (Å²) >= 11 is 0. The third-order valence-corrected chi connectivity index (χ3v) is 2.96. The van der Waals surface area contributed by atoms with Crippen molar-refractivity contribution in [2.75, 3.05) is 18.9 Å². The van der Waals surface area contributed by atoms with Crippen LogP contribution in [-0.2, 0) is 4.74 Å². The molecule has 108 valence electrons. The van der Waals surface area contributed by atoms with Gasteiger partial charge in [0.1, 0.15) is 24.2 Å². The van der Waals surface area contributed by atoms with E-state index in [1.165, 1.54) is 12.7 Å². The van der Waals surface area contributed by atoms with Gasteiger partial charge in [-0.15, -0.1) is 0 Å². The molecule has 0 amide bonds. The molecule has 2 aliphatic rings. The maximum Gasteiger partial charge on any atom is 0.184 e. The number of nitrogens with zero attached hydrogens (tertiary/aromatic N) is 5. The summed E-state index contributed by atoms with van der Waals surface area (Å²) in [6.07, 6.45) is 4.01. The van der Waals surface area contributed by atoms with Crippen molar-refractivity contribution in [1.29, 1.82) is 0 Å². The molecule has 0 bridgehead atoms. The van der Waals surface area contributed by atoms with Crippen molar-refractivity contribution in [2.24, 2.45) is 0 Å². The van der Waals surface area contributed by atoms with Crippen LogP contribution in [0.15, 0.2) is 37.1 Å². The van der Waals surface area contributed by atoms with Gasteiger partial charge in [0.15, 0.2) is 12.1 Å². The van der Waals surface area contributed by atoms with Gasteiger partial charge in [0.2, 0.25) is 0 Å². The summed E-state index contributed by atoms with van der Waals surface area (Å²) in [6.45, 7) is 0.0497. The number of nitrogen functional groups attached to an aromatic ring is 1. The summed E-state index contributed by atoms with van der Waals surface area (Å²) in [5, 5.41) is 8.99. The Hall–Kier alpha value is -2.58. The normalized spacial score (nSPS) is 12.6. The number of aromatic nitrogens is 5. The predicted octanol–water partition coefficient (Wildman–Crippen LogP) is 0.311. The molecule has 1 atom stereocenters. The molecule has 0 saturated heterocycles. The molecule has 3 rings (SSSR count). The average Bonchev–Trinajstić information content (AvgIpc) is 3.00. The molecule has 0 fully saturated rings. The van der Waals surface area contributed by atoms with Gasteiger partial charge in [0, 0.05) is 6.20 Å². The van der Waals surface area contributed by atoms with Crippen LogP contribution in [0.3, 0.4) is 0 Å². The van der Waals surface area contributed by atoms with E-state index in [-0.39, 0.29) is 13.2 Å². The van der Waals surface area contributed by atoms with E-state index < -0.39 is 6.23 Å². The largest absolute Gasteiger partial charge is 0.394 e. The minimum absolute atomic E-state index is 0.102. The van der Waals surface area contributed by atoms with Crippen LogP contribution in [0.25, 0.3) is 11.5 Å². The van der Waals surface area contributed by atoms with E-state index in [9.17, 15) is 0 Å². The number of aliphatic hydroxyl groups is 1. The number of imidazole rings is 1. The lowest BCUT2D eigenvalue weighted by molar-refractivity contribution is 0.00875. The van der Waals surface area contributed by atoms with Crippen LogP contribution in [0.2, 0.25) is 0 Å². The molecule has 21 heavy (non-hydrogen) atoms. The third-order valence-electron chi connectivity index (χ3n) is 2.96. The van der Waals surface area contributed by atoms with Gasteiger partial charge in [0.25, 0.3) is 0 Å². The Kier molecular flexibility index (Phi) is 3.71. The summed E-state index contributed by atoms with van der Waals surface area (Å²) in [7, 11) is 0. The zero-order valence-corrected chi connectivity index (χ0v) is 11.1. The van der Waals surface area contributed by atoms with Crippen molar-refractivity contribution < 1.29 is 9.84 Å². The topological polar surface area (TPSA) is 112 Å². The van der Waals surface area contributed by atoms with Crippen molar-refractivity contribution in [3.05, 3.63) is 42.7 Å². The van der Waals surface area contributed by atoms with E-state index >= 15 is 0 Å². The average molecular weight is 286 g/mol. The Morgan fingerprint density at radius 2 is 2.14 bits per heavy atom. The highest BCUT2D eigenvalue weighted by Gasteiger charge is 2.21. The Labute approximate surface area is 120 Å². The van der Waals surface area contributed by atoms with Crippen LogP contribution in [-0.4, -0.2) is 42.8 Å². The van der Waals surface area contributed by atoms with E-state index in [4.69, 9.17) is 15.6 Å². The quantitative estimate of drug-likeness (QED) is 0.694. The van der Waals surface area contributed by atoms with E-state index in [0.717, 1.165) is 0 Å². The van der Waals surface area contributed by atoms with Crippen LogP contribution in [0, 0.1) is 0 Å². The number of nitrogens with two attached hydrogens (primary N) is 1. The predicted molar refractivity (Wildman–Crippen MR) is 74.3 cm³/mol. The molecule has 0 spiro atoms. The summed E-state index contributed by atoms with van der Waals surface area (Å²) in [5.74, 6) is 0.858. The minimum atomic E-state index is -0.591. The number of anilines is 1. The molecule has 2 aliphatic heterocycles. The number of hydrogen-bond acceptors (Lipinski definition) is 7. The zero-order valence-electron chi connectivity index (χ0n) is 11.1. The molecule has 1 unspecified atom stereocenters. The molecule has 3 heterocycles. The van der Waals surface area contributed by atoms with Crippen molar-refractivity contribution in [3.8, 4) is 11.5 Å². The lowest BCUT2D eigenvalue weighted by Crippen LogP contribution is -2.21. The van der Waals surface area contributed by atoms with E-state index in [1.54, 1.807) is 10.8 Å². The van der Waals surface area contributed by atoms with Gasteiger partial charge in [-0.1, -0.05) is 6.07 Å². The molecule has 8 heteroatoms. The zero-order chi connectivity index (χ0) is 14.7. The fourth-order valence-electron chi connectivity index (χ4n) is 2.02. The van der Waals surface area contributed by atoms with Crippen LogP contribution >= 0.6 is 0 Å². The van der Waals surface area contributed by atoms with Crippen LogP contribution in [0.4, 0.5) is 5.82 Å². The SMILES string of the molecule is Nc1c2ncnc-2ncn1C(OCCO)c1ccccn1. The fraction of sp³-hybridized carbons (Fsp3) is 0.231. The van der Waals surface area contributed by atoms with E-state index in [0.29, 0.717) is 23.0 Å². The maximum absolute atomic E-state index is 8.99. The van der Waals surface area contributed by atoms with Crippen LogP contribution in [0.1, 0.15) is 11.9 Å². The molecule has 0 radical (unpaired) electrons. The maximum atomic E-state index is 8.99. The Morgan fingerprint density at radius 3 is 2.90 bits per heavy atom. The molecule has 3 N–H and O–H groups in total. The summed E-state index contributed by atoms with van der Waals surface area (Å²) in [4.78, 5) is 16.6. The first-order chi connectivity index (χ1) is 10.3. The Balaban J connectivity index is 2.06. The molecule has 0 aliphatic carbocycles. The number of rotatable bonds is 5. The Morgan fingerprint density at radius 1 is 1.24 bits per heavy atom. The van der Waals surface area contributed by atoms with Crippen molar-refractivity contribution in [2.45, 2.75) is 6.23 Å². The lowest BCUT2D eigenvalue weighted by Gasteiger charge is -2.22. The fourth-order valence-corrected chi connectivity index (χ4v) is 2.02. The highest BCUT2D eigenvalue weighted by atomic mass is 16.5. The van der Waals surface area contributed by atoms with Crippen molar-refractivity contribution >= 4 is 5.82 Å². The number of fused-ring (bicyclic) bond motifs is 1. The monoisotopic (exact) mass is 286 g/mol. The first-order valence-electron chi connectivity index (χ1n) is 6.37. The van der Waals surface area contributed by atoms with Gasteiger partial charge in [-0.05, 0) is 12.1 Å². The van der Waals surface area contributed by atoms with Gasteiger partial charge in [0.05, 0.1) is 18.9 Å². The standard InChI is InChI=1S/C13H14N6O2/c14-11-10-12(17-7-16-10)18-8-19(11)13(21-6-5-20)9-3-1-2-4-15-9/h1-4,7-8,13,20H,5-6,14H2. The lowest BCUT2D eigenvalue weighted by atomic mass is 10.3. The highest BCUT2D eigenvalue weighted by Crippen LogP contribution is 2.27. The molecule has 1 aromatic rings. The third kappa shape index (κ3) is 2.54. The van der Waals surface area contributed by atoms with Gasteiger partial charge in [-0.2, -0.15) is 0 Å². The van der Waals surface area contributed by atoms with Crippen molar-refractivity contribution in [1.82, 2.24) is 24.5 Å². The summed E-state index contributed by atoms with van der Waals surface area (Å²) in [6, 6.07) is 5.47. The number of hydrogen-bond donors (Lipinski definition) is 2. The second-order valence-corrected chi connectivity index (χ2v) is 4.28. The summed E-state index contributed by atoms with van der Waals surface area (Å²) in [5.41, 5.74) is 7.29. The van der Waals surface area contributed by atoms with Gasteiger partial charge in [-0.25, -0.2) is 15.0 Å². The smallest absolute Gasteiger partial charge is 0.184 e. The van der Waals surface area contributed by atoms with Crippen molar-refractivity contribution in [3.63, 3.8) is 0 Å². The van der Waals surface area contributed by atoms with Gasteiger partial charge >= 0.3 is 0 Å². The van der Waals surface area contributed by atoms with E-state index in [2.05, 4.69) is 19.9 Å². The minimum Gasteiger partial charge on any atom is -0.394 e. The van der Waals surface area contributed by atoms with Gasteiger partial charge < -0.3 is 15.6 Å². The Bertz CT molecular complexity index is 686. The number of aliphatic hydroxyl groups excluding tert-OH is 1. The molecule has 1 aromatic heterocycles. The molecule has 0 aromatic carbocycles. The number of ether oxygens (including phenoxy) is 1. The highest BCUT2D eigenvalue weighted by molar-refractivity contribution is 5.64. The first kappa shape index (κ1) is 13.4. The molecule has 8 nitrogen and oxygen atoms in total. The number of pyridine rings is 1. The van der Waals surface area contributed by atoms with E-state index in [1.807, 2.05) is 18.2 Å². The van der Waals surface area contributed by atoms with Crippen LogP contribution in [0.5, 0.6) is 0 Å². The summed E-state index contributed by atoms with van der Waals surface area (Å²) < 4.78 is 7.27.